The van der Waals surface area contributed by atoms with E-state index < -0.39 is 0 Å². The fraction of sp³-hybridized carbons (Fsp3) is 0.571. The van der Waals surface area contributed by atoms with E-state index in [9.17, 15) is 9.59 Å². The molecule has 0 aliphatic rings. The second kappa shape index (κ2) is 7.74. The Labute approximate surface area is 113 Å². The number of rotatable bonds is 7. The van der Waals surface area contributed by atoms with Crippen molar-refractivity contribution < 1.29 is 9.53 Å². The molecule has 1 amide bonds. The van der Waals surface area contributed by atoms with Gasteiger partial charge in [-0.05, 0) is 12.0 Å². The molecule has 0 spiro atoms. The summed E-state index contributed by atoms with van der Waals surface area (Å²) in [6.45, 7) is 5.92. The summed E-state index contributed by atoms with van der Waals surface area (Å²) in [5.74, 6) is 0.326. The van der Waals surface area contributed by atoms with Crippen LogP contribution in [0.4, 0.5) is 0 Å². The number of ether oxygens (including phenoxy) is 1. The highest BCUT2D eigenvalue weighted by Crippen LogP contribution is 2.00. The lowest BCUT2D eigenvalue weighted by molar-refractivity contribution is -0.133. The molecule has 1 aromatic rings. The van der Waals surface area contributed by atoms with Crippen molar-refractivity contribution in [3.05, 3.63) is 34.7 Å². The number of hydrogen-bond acceptors (Lipinski definition) is 3. The standard InChI is InChI=1S/C14H22N2O3/c1-12(2)10-16(8-9-19-3)14(18)11-15-7-5-4-6-13(15)17/h4-7,12H,8-11H2,1-3H3. The maximum absolute atomic E-state index is 12.2. The molecule has 0 aliphatic heterocycles. The van der Waals surface area contributed by atoms with Gasteiger partial charge < -0.3 is 14.2 Å². The number of methoxy groups -OCH3 is 1. The molecule has 5 heteroatoms. The molecule has 0 aliphatic carbocycles. The molecule has 0 bridgehead atoms. The molecule has 0 saturated heterocycles. The van der Waals surface area contributed by atoms with Gasteiger partial charge >= 0.3 is 0 Å². The topological polar surface area (TPSA) is 51.5 Å². The van der Waals surface area contributed by atoms with Crippen molar-refractivity contribution in [1.82, 2.24) is 9.47 Å². The van der Waals surface area contributed by atoms with Crippen LogP contribution in [0.2, 0.25) is 0 Å². The third kappa shape index (κ3) is 5.26. The average Bonchev–Trinajstić information content (AvgIpc) is 2.36. The zero-order valence-electron chi connectivity index (χ0n) is 11.8. The minimum atomic E-state index is -0.160. The summed E-state index contributed by atoms with van der Waals surface area (Å²) >= 11 is 0. The van der Waals surface area contributed by atoms with Gasteiger partial charge in [0.15, 0.2) is 0 Å². The van der Waals surface area contributed by atoms with Crippen LogP contribution in [0.5, 0.6) is 0 Å². The Morgan fingerprint density at radius 2 is 2.16 bits per heavy atom. The molecule has 0 saturated carbocycles. The molecule has 5 nitrogen and oxygen atoms in total. The van der Waals surface area contributed by atoms with Crippen LogP contribution in [0.1, 0.15) is 13.8 Å². The van der Waals surface area contributed by atoms with Crippen molar-refractivity contribution in [3.63, 3.8) is 0 Å². The highest BCUT2D eigenvalue weighted by atomic mass is 16.5. The predicted molar refractivity (Wildman–Crippen MR) is 74.0 cm³/mol. The molecule has 1 aromatic heterocycles. The van der Waals surface area contributed by atoms with Gasteiger partial charge in [0, 0.05) is 32.5 Å². The van der Waals surface area contributed by atoms with Crippen LogP contribution >= 0.6 is 0 Å². The second-order valence-electron chi connectivity index (χ2n) is 4.89. The van der Waals surface area contributed by atoms with Crippen molar-refractivity contribution in [2.75, 3.05) is 26.8 Å². The fourth-order valence-corrected chi connectivity index (χ4v) is 1.80. The average molecular weight is 266 g/mol. The molecular formula is C14H22N2O3. The van der Waals surface area contributed by atoms with Crippen LogP contribution in [0.3, 0.4) is 0 Å². The normalized spacial score (nSPS) is 10.7. The van der Waals surface area contributed by atoms with E-state index in [4.69, 9.17) is 4.74 Å². The van der Waals surface area contributed by atoms with E-state index in [0.29, 0.717) is 25.6 Å². The Bertz CT molecular complexity index is 454. The Morgan fingerprint density at radius 1 is 1.42 bits per heavy atom. The van der Waals surface area contributed by atoms with Crippen molar-refractivity contribution >= 4 is 5.91 Å². The van der Waals surface area contributed by atoms with Crippen molar-refractivity contribution in [1.29, 1.82) is 0 Å². The van der Waals surface area contributed by atoms with Crippen LogP contribution in [-0.4, -0.2) is 42.2 Å². The number of hydrogen-bond donors (Lipinski definition) is 0. The van der Waals surface area contributed by atoms with Gasteiger partial charge in [0.05, 0.1) is 6.61 Å². The monoisotopic (exact) mass is 266 g/mol. The van der Waals surface area contributed by atoms with Gasteiger partial charge in [0.2, 0.25) is 5.91 Å². The van der Waals surface area contributed by atoms with Gasteiger partial charge in [-0.15, -0.1) is 0 Å². The number of aromatic nitrogens is 1. The lowest BCUT2D eigenvalue weighted by Gasteiger charge is -2.24. The number of nitrogens with zero attached hydrogens (tertiary/aromatic N) is 2. The minimum Gasteiger partial charge on any atom is -0.383 e. The van der Waals surface area contributed by atoms with Crippen molar-refractivity contribution in [3.8, 4) is 0 Å². The first-order valence-corrected chi connectivity index (χ1v) is 6.46. The molecule has 1 rings (SSSR count). The largest absolute Gasteiger partial charge is 0.383 e. The molecular weight excluding hydrogens is 244 g/mol. The van der Waals surface area contributed by atoms with E-state index in [2.05, 4.69) is 13.8 Å². The molecule has 0 N–H and O–H groups in total. The first-order chi connectivity index (χ1) is 9.04. The number of carbonyl (C=O) groups is 1. The minimum absolute atomic E-state index is 0.0564. The summed E-state index contributed by atoms with van der Waals surface area (Å²) < 4.78 is 6.43. The molecule has 1 heterocycles. The van der Waals surface area contributed by atoms with E-state index in [1.807, 2.05) is 0 Å². The van der Waals surface area contributed by atoms with Crippen LogP contribution in [0.15, 0.2) is 29.2 Å². The first-order valence-electron chi connectivity index (χ1n) is 6.46. The Balaban J connectivity index is 2.71. The lowest BCUT2D eigenvalue weighted by atomic mass is 10.2. The third-order valence-electron chi connectivity index (χ3n) is 2.71. The number of pyridine rings is 1. The molecule has 106 valence electrons. The molecule has 19 heavy (non-hydrogen) atoms. The van der Waals surface area contributed by atoms with Crippen LogP contribution in [-0.2, 0) is 16.1 Å². The maximum atomic E-state index is 12.2. The van der Waals surface area contributed by atoms with Gasteiger partial charge in [-0.25, -0.2) is 0 Å². The molecule has 0 radical (unpaired) electrons. The third-order valence-corrected chi connectivity index (χ3v) is 2.71. The van der Waals surface area contributed by atoms with Gasteiger partial charge in [-0.2, -0.15) is 0 Å². The summed E-state index contributed by atoms with van der Waals surface area (Å²) in [7, 11) is 1.61. The maximum Gasteiger partial charge on any atom is 0.250 e. The van der Waals surface area contributed by atoms with E-state index >= 15 is 0 Å². The Kier molecular flexibility index (Phi) is 6.29. The molecule has 0 aromatic carbocycles. The highest BCUT2D eigenvalue weighted by molar-refractivity contribution is 5.76. The number of amides is 1. The number of carbonyl (C=O) groups excluding carboxylic acids is 1. The fourth-order valence-electron chi connectivity index (χ4n) is 1.80. The highest BCUT2D eigenvalue weighted by Gasteiger charge is 2.15. The summed E-state index contributed by atoms with van der Waals surface area (Å²) in [5.41, 5.74) is -0.160. The van der Waals surface area contributed by atoms with Crippen LogP contribution in [0, 0.1) is 5.92 Å². The lowest BCUT2D eigenvalue weighted by Crippen LogP contribution is -2.40. The molecule has 0 atom stereocenters. The van der Waals surface area contributed by atoms with E-state index in [1.54, 1.807) is 30.3 Å². The van der Waals surface area contributed by atoms with Crippen molar-refractivity contribution in [2.24, 2.45) is 5.92 Å². The zero-order valence-corrected chi connectivity index (χ0v) is 11.8. The van der Waals surface area contributed by atoms with Crippen LogP contribution < -0.4 is 5.56 Å². The van der Waals surface area contributed by atoms with E-state index in [-0.39, 0.29) is 18.0 Å². The van der Waals surface area contributed by atoms with Gasteiger partial charge in [-0.1, -0.05) is 19.9 Å². The predicted octanol–water partition coefficient (Wildman–Crippen LogP) is 0.979. The zero-order chi connectivity index (χ0) is 14.3. The SMILES string of the molecule is COCCN(CC(C)C)C(=O)Cn1ccccc1=O. The van der Waals surface area contributed by atoms with Gasteiger partial charge in [0.25, 0.3) is 5.56 Å². The summed E-state index contributed by atoms with van der Waals surface area (Å²) in [5, 5.41) is 0. The van der Waals surface area contributed by atoms with E-state index in [0.717, 1.165) is 0 Å². The van der Waals surface area contributed by atoms with E-state index in [1.165, 1.54) is 10.6 Å². The van der Waals surface area contributed by atoms with Crippen molar-refractivity contribution in [2.45, 2.75) is 20.4 Å². The quantitative estimate of drug-likeness (QED) is 0.739. The van der Waals surface area contributed by atoms with Gasteiger partial charge in [0.1, 0.15) is 6.54 Å². The second-order valence-corrected chi connectivity index (χ2v) is 4.89. The molecule has 0 fully saturated rings. The Hall–Kier alpha value is -1.62. The summed E-state index contributed by atoms with van der Waals surface area (Å²) in [4.78, 5) is 25.5. The first kappa shape index (κ1) is 15.4. The van der Waals surface area contributed by atoms with Crippen LogP contribution in [0.25, 0.3) is 0 Å². The summed E-state index contributed by atoms with van der Waals surface area (Å²) in [6, 6.07) is 4.87. The smallest absolute Gasteiger partial charge is 0.250 e. The Morgan fingerprint density at radius 3 is 2.74 bits per heavy atom. The van der Waals surface area contributed by atoms with Gasteiger partial charge in [-0.3, -0.25) is 9.59 Å². The summed E-state index contributed by atoms with van der Waals surface area (Å²) in [6.07, 6.45) is 1.63. The molecule has 0 unspecified atom stereocenters.